The Hall–Kier alpha value is -3.32. The Balaban J connectivity index is 1.79. The number of nitrogens with two attached hydrogens (primary N) is 1. The number of rotatable bonds is 10. The average molecular weight is 442 g/mol. The van der Waals surface area contributed by atoms with Gasteiger partial charge in [0.1, 0.15) is 17.4 Å². The summed E-state index contributed by atoms with van der Waals surface area (Å²) in [5.74, 6) is 4.73. The molecular weight excluding hydrogens is 418 g/mol. The third kappa shape index (κ3) is 7.46. The van der Waals surface area contributed by atoms with Crippen LogP contribution in [0.15, 0.2) is 42.6 Å². The number of pyridine rings is 1. The lowest BCUT2D eigenvalue weighted by Gasteiger charge is -2.18. The lowest BCUT2D eigenvalue weighted by molar-refractivity contribution is -0.115. The highest BCUT2D eigenvalue weighted by Gasteiger charge is 2.18. The second kappa shape index (κ2) is 11.8. The number of hydrazine groups is 1. The third-order valence-corrected chi connectivity index (χ3v) is 4.64. The zero-order valence-electron chi connectivity index (χ0n) is 17.1. The second-order valence-corrected chi connectivity index (χ2v) is 7.13. The largest absolute Gasteiger partial charge is 0.349 e. The molecule has 1 aromatic heterocycles. The van der Waals surface area contributed by atoms with E-state index in [4.69, 9.17) is 22.9 Å². The SMILES string of the molecule is CCc1ccc(C(C#N)NC(=O)C(=N)CN(N)CCNC(=O)c2cc(Cl)ccn2)cc1. The Morgan fingerprint density at radius 2 is 2.03 bits per heavy atom. The molecule has 0 bridgehead atoms. The van der Waals surface area contributed by atoms with Gasteiger partial charge in [0.05, 0.1) is 12.6 Å². The molecule has 1 unspecified atom stereocenters. The van der Waals surface area contributed by atoms with Gasteiger partial charge in [0.15, 0.2) is 0 Å². The van der Waals surface area contributed by atoms with E-state index in [2.05, 4.69) is 15.6 Å². The van der Waals surface area contributed by atoms with Gasteiger partial charge >= 0.3 is 0 Å². The Morgan fingerprint density at radius 3 is 2.65 bits per heavy atom. The van der Waals surface area contributed by atoms with Crippen molar-refractivity contribution in [2.24, 2.45) is 5.84 Å². The van der Waals surface area contributed by atoms with Gasteiger partial charge in [-0.2, -0.15) is 5.26 Å². The van der Waals surface area contributed by atoms with Gasteiger partial charge in [0.25, 0.3) is 11.8 Å². The second-order valence-electron chi connectivity index (χ2n) is 6.69. The number of carbonyl (C=O) groups is 2. The van der Waals surface area contributed by atoms with Crippen molar-refractivity contribution in [1.82, 2.24) is 20.6 Å². The zero-order valence-corrected chi connectivity index (χ0v) is 17.8. The fourth-order valence-corrected chi connectivity index (χ4v) is 2.80. The van der Waals surface area contributed by atoms with Crippen LogP contribution in [-0.2, 0) is 11.2 Å². The maximum Gasteiger partial charge on any atom is 0.269 e. The lowest BCUT2D eigenvalue weighted by Crippen LogP contribution is -2.45. The van der Waals surface area contributed by atoms with Gasteiger partial charge < -0.3 is 10.6 Å². The van der Waals surface area contributed by atoms with Crippen molar-refractivity contribution < 1.29 is 9.59 Å². The topological polar surface area (TPSA) is 148 Å². The van der Waals surface area contributed by atoms with Crippen molar-refractivity contribution in [3.8, 4) is 6.07 Å². The molecule has 162 valence electrons. The molecule has 31 heavy (non-hydrogen) atoms. The number of nitrogens with zero attached hydrogens (tertiary/aromatic N) is 3. The lowest BCUT2D eigenvalue weighted by atomic mass is 10.0. The maximum atomic E-state index is 12.3. The van der Waals surface area contributed by atoms with Gasteiger partial charge in [0.2, 0.25) is 0 Å². The number of carbonyl (C=O) groups excluding carboxylic acids is 2. The summed E-state index contributed by atoms with van der Waals surface area (Å²) in [7, 11) is 0. The first kappa shape index (κ1) is 24.0. The normalized spacial score (nSPS) is 11.5. The molecule has 1 heterocycles. The van der Waals surface area contributed by atoms with Crippen molar-refractivity contribution in [3.05, 3.63) is 64.4 Å². The van der Waals surface area contributed by atoms with Crippen LogP contribution < -0.4 is 16.5 Å². The van der Waals surface area contributed by atoms with Crippen LogP contribution in [0.1, 0.15) is 34.6 Å². The van der Waals surface area contributed by atoms with Gasteiger partial charge in [-0.15, -0.1) is 0 Å². The highest BCUT2D eigenvalue weighted by Crippen LogP contribution is 2.13. The number of halogens is 1. The first-order valence-corrected chi connectivity index (χ1v) is 9.98. The van der Waals surface area contributed by atoms with E-state index in [1.165, 1.54) is 17.3 Å². The molecule has 2 aromatic rings. The van der Waals surface area contributed by atoms with Crippen LogP contribution in [0.2, 0.25) is 5.02 Å². The Morgan fingerprint density at radius 1 is 1.32 bits per heavy atom. The van der Waals surface area contributed by atoms with Gasteiger partial charge in [-0.1, -0.05) is 42.8 Å². The van der Waals surface area contributed by atoms with E-state index in [-0.39, 0.29) is 31.0 Å². The molecule has 0 fully saturated rings. The van der Waals surface area contributed by atoms with E-state index in [1.807, 2.05) is 25.1 Å². The Bertz CT molecular complexity index is 972. The molecule has 0 aliphatic rings. The number of aromatic nitrogens is 1. The quantitative estimate of drug-likeness (QED) is 0.250. The summed E-state index contributed by atoms with van der Waals surface area (Å²) < 4.78 is 0. The molecule has 0 aliphatic heterocycles. The molecule has 0 saturated carbocycles. The van der Waals surface area contributed by atoms with E-state index in [9.17, 15) is 14.9 Å². The summed E-state index contributed by atoms with van der Waals surface area (Å²) in [5.41, 5.74) is 1.65. The van der Waals surface area contributed by atoms with E-state index < -0.39 is 17.9 Å². The zero-order chi connectivity index (χ0) is 22.8. The number of benzene rings is 1. The molecular formula is C21H24ClN7O2. The predicted molar refractivity (Wildman–Crippen MR) is 117 cm³/mol. The highest BCUT2D eigenvalue weighted by atomic mass is 35.5. The smallest absolute Gasteiger partial charge is 0.269 e. The molecule has 0 radical (unpaired) electrons. The van der Waals surface area contributed by atoms with Crippen LogP contribution in [0.5, 0.6) is 0 Å². The van der Waals surface area contributed by atoms with E-state index in [0.29, 0.717) is 10.6 Å². The Kier molecular flexibility index (Phi) is 9.09. The average Bonchev–Trinajstić information content (AvgIpc) is 2.77. The van der Waals surface area contributed by atoms with Crippen molar-refractivity contribution in [1.29, 1.82) is 10.7 Å². The number of nitrogens with one attached hydrogen (secondary N) is 3. The van der Waals surface area contributed by atoms with Crippen LogP contribution in [0.25, 0.3) is 0 Å². The molecule has 5 N–H and O–H groups in total. The summed E-state index contributed by atoms with van der Waals surface area (Å²) in [6.07, 6.45) is 2.30. The summed E-state index contributed by atoms with van der Waals surface area (Å²) in [4.78, 5) is 28.2. The molecule has 9 nitrogen and oxygen atoms in total. The Labute approximate surface area is 185 Å². The van der Waals surface area contributed by atoms with Crippen molar-refractivity contribution >= 4 is 29.1 Å². The molecule has 1 atom stereocenters. The molecule has 10 heteroatoms. The van der Waals surface area contributed by atoms with Gasteiger partial charge in [-0.05, 0) is 29.7 Å². The van der Waals surface area contributed by atoms with E-state index >= 15 is 0 Å². The minimum absolute atomic E-state index is 0.149. The standard InChI is InChI=1S/C21H24ClN7O2/c1-2-14-3-5-15(6-4-14)19(12-23)28-20(30)17(24)13-29(25)10-9-27-21(31)18-11-16(22)7-8-26-18/h3-8,11,19,24H,2,9-10,13,25H2,1H3,(H,27,31)(H,28,30). The summed E-state index contributed by atoms with van der Waals surface area (Å²) in [6.45, 7) is 2.26. The fraction of sp³-hybridized carbons (Fsp3) is 0.286. The van der Waals surface area contributed by atoms with Gasteiger partial charge in [0, 0.05) is 24.3 Å². The first-order valence-electron chi connectivity index (χ1n) is 9.60. The van der Waals surface area contributed by atoms with Crippen LogP contribution in [0.4, 0.5) is 0 Å². The van der Waals surface area contributed by atoms with Crippen molar-refractivity contribution in [2.75, 3.05) is 19.6 Å². The molecule has 2 rings (SSSR count). The van der Waals surface area contributed by atoms with Crippen LogP contribution in [0.3, 0.4) is 0 Å². The van der Waals surface area contributed by atoms with E-state index in [0.717, 1.165) is 12.0 Å². The van der Waals surface area contributed by atoms with Gasteiger partial charge in [-0.25, -0.2) is 5.01 Å². The van der Waals surface area contributed by atoms with Gasteiger partial charge in [-0.3, -0.25) is 25.8 Å². The van der Waals surface area contributed by atoms with Crippen molar-refractivity contribution in [3.63, 3.8) is 0 Å². The summed E-state index contributed by atoms with van der Waals surface area (Å²) >= 11 is 5.83. The van der Waals surface area contributed by atoms with Crippen molar-refractivity contribution in [2.45, 2.75) is 19.4 Å². The monoisotopic (exact) mass is 441 g/mol. The molecule has 0 aliphatic carbocycles. The van der Waals surface area contributed by atoms with Crippen LogP contribution in [-0.4, -0.2) is 47.2 Å². The minimum atomic E-state index is -0.866. The fourth-order valence-electron chi connectivity index (χ4n) is 2.64. The number of hydrogen-bond donors (Lipinski definition) is 4. The van der Waals surface area contributed by atoms with E-state index in [1.54, 1.807) is 18.2 Å². The molecule has 1 aromatic carbocycles. The maximum absolute atomic E-state index is 12.3. The summed E-state index contributed by atoms with van der Waals surface area (Å²) in [6, 6.07) is 11.5. The minimum Gasteiger partial charge on any atom is -0.349 e. The molecule has 0 spiro atoms. The molecule has 2 amide bonds. The molecule has 0 saturated heterocycles. The number of amides is 2. The van der Waals surface area contributed by atoms with Crippen LogP contribution >= 0.6 is 11.6 Å². The number of nitriles is 1. The van der Waals surface area contributed by atoms with Crippen LogP contribution in [0, 0.1) is 16.7 Å². The first-order chi connectivity index (χ1) is 14.8. The number of hydrogen-bond acceptors (Lipinski definition) is 7. The third-order valence-electron chi connectivity index (χ3n) is 4.40. The number of aryl methyl sites for hydroxylation is 1. The summed E-state index contributed by atoms with van der Waals surface area (Å²) in [5, 5.41) is 24.1. The predicted octanol–water partition coefficient (Wildman–Crippen LogP) is 1.60. The highest BCUT2D eigenvalue weighted by molar-refractivity contribution is 6.38.